The van der Waals surface area contributed by atoms with Crippen molar-refractivity contribution >= 4 is 21.6 Å². The smallest absolute Gasteiger partial charge is 0.406 e. The number of aryl methyl sites for hydroxylation is 1. The van der Waals surface area contributed by atoms with E-state index in [0.717, 1.165) is 66.3 Å². The van der Waals surface area contributed by atoms with Crippen molar-refractivity contribution in [1.82, 2.24) is 14.9 Å². The Labute approximate surface area is 187 Å². The Morgan fingerprint density at radius 3 is 2.81 bits per heavy atom. The largest absolute Gasteiger partial charge is 0.573 e. The Morgan fingerprint density at radius 1 is 1.22 bits per heavy atom. The third-order valence-corrected chi connectivity index (χ3v) is 7.60. The molecule has 1 saturated carbocycles. The van der Waals surface area contributed by atoms with E-state index in [-0.39, 0.29) is 23.4 Å². The van der Waals surface area contributed by atoms with E-state index >= 15 is 0 Å². The van der Waals surface area contributed by atoms with E-state index in [9.17, 15) is 18.0 Å². The molecule has 0 amide bonds. The van der Waals surface area contributed by atoms with Gasteiger partial charge in [0.2, 0.25) is 0 Å². The van der Waals surface area contributed by atoms with E-state index in [4.69, 9.17) is 0 Å². The number of nitrogens with zero attached hydrogens (tertiary/aromatic N) is 2. The normalized spacial score (nSPS) is 19.4. The van der Waals surface area contributed by atoms with Gasteiger partial charge in [0.25, 0.3) is 5.56 Å². The molecule has 32 heavy (non-hydrogen) atoms. The number of nitrogens with one attached hydrogen (secondary N) is 1. The van der Waals surface area contributed by atoms with Gasteiger partial charge < -0.3 is 10.1 Å². The van der Waals surface area contributed by atoms with Crippen molar-refractivity contribution in [3.63, 3.8) is 0 Å². The lowest BCUT2D eigenvalue weighted by Crippen LogP contribution is -2.34. The van der Waals surface area contributed by atoms with Crippen LogP contribution in [0.5, 0.6) is 5.75 Å². The Bertz CT molecular complexity index is 1180. The van der Waals surface area contributed by atoms with Gasteiger partial charge in [0.1, 0.15) is 10.6 Å². The lowest BCUT2D eigenvalue weighted by atomic mass is 9.93. The van der Waals surface area contributed by atoms with Crippen LogP contribution in [0.15, 0.2) is 35.4 Å². The van der Waals surface area contributed by atoms with E-state index in [1.807, 2.05) is 4.57 Å². The van der Waals surface area contributed by atoms with Gasteiger partial charge in [-0.1, -0.05) is 25.0 Å². The molecule has 9 heteroatoms. The first-order chi connectivity index (χ1) is 15.4. The van der Waals surface area contributed by atoms with E-state index in [0.29, 0.717) is 6.54 Å². The van der Waals surface area contributed by atoms with Crippen molar-refractivity contribution in [1.29, 1.82) is 0 Å². The Hall–Kier alpha value is -2.39. The zero-order valence-corrected chi connectivity index (χ0v) is 18.3. The Balaban J connectivity index is 1.30. The lowest BCUT2D eigenvalue weighted by Gasteiger charge is -2.23. The number of ether oxygens (including phenoxy) is 1. The maximum atomic E-state index is 13.2. The summed E-state index contributed by atoms with van der Waals surface area (Å²) in [5, 5.41) is 4.24. The predicted octanol–water partition coefficient (Wildman–Crippen LogP) is 5.12. The SMILES string of the molecule is O=c1c2c3c(sc2ncn1C1CCCC1)CC(NCc1cccc(OC(F)(F)F)c1)CC3. The molecule has 2 aromatic heterocycles. The molecule has 2 heterocycles. The Morgan fingerprint density at radius 2 is 2.03 bits per heavy atom. The summed E-state index contributed by atoms with van der Waals surface area (Å²) in [6.07, 6.45) is 3.89. The average Bonchev–Trinajstić information content (AvgIpc) is 3.39. The fourth-order valence-corrected chi connectivity index (χ4v) is 6.17. The van der Waals surface area contributed by atoms with Crippen LogP contribution < -0.4 is 15.6 Å². The Kier molecular flexibility index (Phi) is 5.71. The van der Waals surface area contributed by atoms with E-state index < -0.39 is 6.36 Å². The summed E-state index contributed by atoms with van der Waals surface area (Å²) in [6.45, 7) is 0.451. The predicted molar refractivity (Wildman–Crippen MR) is 117 cm³/mol. The van der Waals surface area contributed by atoms with Crippen LogP contribution in [0.3, 0.4) is 0 Å². The number of rotatable bonds is 5. The molecule has 1 unspecified atom stereocenters. The van der Waals surface area contributed by atoms with E-state index in [2.05, 4.69) is 15.0 Å². The minimum Gasteiger partial charge on any atom is -0.406 e. The maximum absolute atomic E-state index is 13.2. The fourth-order valence-electron chi connectivity index (χ4n) is 4.91. The molecule has 5 nitrogen and oxygen atoms in total. The van der Waals surface area contributed by atoms with Crippen molar-refractivity contribution in [3.05, 3.63) is 57.0 Å². The van der Waals surface area contributed by atoms with Crippen molar-refractivity contribution in [2.45, 2.75) is 69.9 Å². The summed E-state index contributed by atoms with van der Waals surface area (Å²) < 4.78 is 43.2. The third-order valence-electron chi connectivity index (χ3n) is 6.44. The summed E-state index contributed by atoms with van der Waals surface area (Å²) in [7, 11) is 0. The van der Waals surface area contributed by atoms with Crippen LogP contribution in [0.2, 0.25) is 0 Å². The third kappa shape index (κ3) is 4.41. The first-order valence-corrected chi connectivity index (χ1v) is 11.8. The van der Waals surface area contributed by atoms with Gasteiger partial charge in [0.15, 0.2) is 0 Å². The van der Waals surface area contributed by atoms with Crippen molar-refractivity contribution in [2.24, 2.45) is 0 Å². The molecule has 2 aliphatic carbocycles. The van der Waals surface area contributed by atoms with Gasteiger partial charge in [-0.2, -0.15) is 0 Å². The van der Waals surface area contributed by atoms with Gasteiger partial charge in [-0.15, -0.1) is 24.5 Å². The highest BCUT2D eigenvalue weighted by molar-refractivity contribution is 7.18. The molecule has 0 saturated heterocycles. The summed E-state index contributed by atoms with van der Waals surface area (Å²) >= 11 is 1.59. The molecule has 0 bridgehead atoms. The number of hydrogen-bond donors (Lipinski definition) is 1. The molecule has 3 aromatic rings. The topological polar surface area (TPSA) is 56.2 Å². The van der Waals surface area contributed by atoms with Gasteiger partial charge >= 0.3 is 6.36 Å². The first kappa shape index (κ1) is 21.5. The molecular formula is C23H24F3N3O2S. The van der Waals surface area contributed by atoms with Gasteiger partial charge in [-0.3, -0.25) is 9.36 Å². The zero-order chi connectivity index (χ0) is 22.3. The summed E-state index contributed by atoms with van der Waals surface area (Å²) in [4.78, 5) is 19.8. The molecule has 0 radical (unpaired) electrons. The van der Waals surface area contributed by atoms with Crippen molar-refractivity contribution in [2.75, 3.05) is 0 Å². The molecule has 1 N–H and O–H groups in total. The standard InChI is InChI=1S/C23H24F3N3O2S/c24-23(25,26)31-17-7-3-4-14(10-17)12-27-15-8-9-18-19(11-15)32-21-20(18)22(30)29(13-28-21)16-5-1-2-6-16/h3-4,7,10,13,15-16,27H,1-2,5-6,8-9,11-12H2. The molecule has 1 fully saturated rings. The van der Waals surface area contributed by atoms with Crippen LogP contribution in [0.25, 0.3) is 10.2 Å². The summed E-state index contributed by atoms with van der Waals surface area (Å²) in [5.74, 6) is -0.211. The highest BCUT2D eigenvalue weighted by atomic mass is 32.1. The van der Waals surface area contributed by atoms with Crippen LogP contribution in [0, 0.1) is 0 Å². The van der Waals surface area contributed by atoms with Crippen LogP contribution in [-0.4, -0.2) is 22.0 Å². The number of hydrogen-bond acceptors (Lipinski definition) is 5. The number of benzene rings is 1. The molecule has 170 valence electrons. The second-order valence-corrected chi connectivity index (χ2v) is 9.68. The maximum Gasteiger partial charge on any atom is 0.573 e. The zero-order valence-electron chi connectivity index (χ0n) is 17.5. The molecule has 1 atom stereocenters. The van der Waals surface area contributed by atoms with E-state index in [1.54, 1.807) is 29.8 Å². The summed E-state index contributed by atoms with van der Waals surface area (Å²) in [5.41, 5.74) is 1.95. The van der Waals surface area contributed by atoms with Crippen LogP contribution >= 0.6 is 11.3 Å². The minimum atomic E-state index is -4.70. The highest BCUT2D eigenvalue weighted by Gasteiger charge is 2.31. The number of fused-ring (bicyclic) bond motifs is 3. The number of thiophene rings is 1. The van der Waals surface area contributed by atoms with Gasteiger partial charge in [-0.05, 0) is 55.4 Å². The fraction of sp³-hybridized carbons (Fsp3) is 0.478. The minimum absolute atomic E-state index is 0.0901. The van der Waals surface area contributed by atoms with Gasteiger partial charge in [0.05, 0.1) is 11.7 Å². The number of alkyl halides is 3. The lowest BCUT2D eigenvalue weighted by molar-refractivity contribution is -0.274. The number of halogens is 3. The van der Waals surface area contributed by atoms with Crippen LogP contribution in [0.4, 0.5) is 13.2 Å². The molecular weight excluding hydrogens is 439 g/mol. The summed E-state index contributed by atoms with van der Waals surface area (Å²) in [6, 6.07) is 6.50. The molecule has 5 rings (SSSR count). The van der Waals surface area contributed by atoms with Crippen molar-refractivity contribution in [3.8, 4) is 5.75 Å². The highest BCUT2D eigenvalue weighted by Crippen LogP contribution is 2.35. The van der Waals surface area contributed by atoms with Gasteiger partial charge in [0, 0.05) is 23.5 Å². The first-order valence-electron chi connectivity index (χ1n) is 11.0. The number of aromatic nitrogens is 2. The van der Waals surface area contributed by atoms with E-state index in [1.165, 1.54) is 17.0 Å². The second-order valence-electron chi connectivity index (χ2n) is 8.60. The second kappa shape index (κ2) is 8.51. The molecule has 2 aliphatic rings. The molecule has 0 aliphatic heterocycles. The monoisotopic (exact) mass is 463 g/mol. The van der Waals surface area contributed by atoms with Crippen LogP contribution in [-0.2, 0) is 19.4 Å². The average molecular weight is 464 g/mol. The van der Waals surface area contributed by atoms with Gasteiger partial charge in [-0.25, -0.2) is 4.98 Å². The quantitative estimate of drug-likeness (QED) is 0.571. The van der Waals surface area contributed by atoms with Crippen LogP contribution in [0.1, 0.15) is 54.1 Å². The molecule has 1 aromatic carbocycles. The van der Waals surface area contributed by atoms with Crippen molar-refractivity contribution < 1.29 is 17.9 Å². The molecule has 0 spiro atoms.